The second-order valence-corrected chi connectivity index (χ2v) is 12.8. The van der Waals surface area contributed by atoms with E-state index in [4.69, 9.17) is 12.2 Å². The highest BCUT2D eigenvalue weighted by molar-refractivity contribution is 8.23. The van der Waals surface area contributed by atoms with Crippen molar-refractivity contribution in [1.82, 2.24) is 4.90 Å². The Morgan fingerprint density at radius 2 is 1.87 bits per heavy atom. The van der Waals surface area contributed by atoms with E-state index in [0.29, 0.717) is 12.0 Å². The number of hydrogen-bond acceptors (Lipinski definition) is 3. The number of nitrogens with zero attached hydrogens (tertiary/aromatic N) is 1. The van der Waals surface area contributed by atoms with Crippen LogP contribution >= 0.6 is 24.0 Å². The molecule has 4 heteroatoms. The average Bonchev–Trinajstić information content (AvgIpc) is 3.55. The van der Waals surface area contributed by atoms with Crippen molar-refractivity contribution in [1.29, 1.82) is 0 Å². The molecule has 3 rings (SSSR count). The fourth-order valence-electron chi connectivity index (χ4n) is 6.02. The van der Waals surface area contributed by atoms with Crippen molar-refractivity contribution in [3.63, 3.8) is 0 Å². The normalized spacial score (nSPS) is 22.6. The van der Waals surface area contributed by atoms with E-state index in [-0.39, 0.29) is 11.9 Å². The van der Waals surface area contributed by atoms with Crippen molar-refractivity contribution in [3.05, 3.63) is 82.8 Å². The molecule has 0 amide bonds. The van der Waals surface area contributed by atoms with Gasteiger partial charge in [0.1, 0.15) is 4.32 Å². The van der Waals surface area contributed by atoms with E-state index in [9.17, 15) is 5.11 Å². The minimum Gasteiger partial charge on any atom is -0.396 e. The number of aryl methyl sites for hydroxylation is 1. The molecular formula is C35H49NOS2. The van der Waals surface area contributed by atoms with Crippen LogP contribution in [-0.4, -0.2) is 32.2 Å². The van der Waals surface area contributed by atoms with Gasteiger partial charge in [-0.1, -0.05) is 120 Å². The average molecular weight is 564 g/mol. The van der Waals surface area contributed by atoms with Gasteiger partial charge in [-0.15, -0.1) is 5.73 Å². The first-order chi connectivity index (χ1) is 19.0. The predicted octanol–water partition coefficient (Wildman–Crippen LogP) is 9.81. The van der Waals surface area contributed by atoms with E-state index >= 15 is 0 Å². The Hall–Kier alpha value is -1.84. The molecule has 0 aromatic heterocycles. The van der Waals surface area contributed by atoms with Crippen LogP contribution in [0.1, 0.15) is 103 Å². The van der Waals surface area contributed by atoms with Crippen molar-refractivity contribution in [2.75, 3.05) is 6.61 Å². The third-order valence-electron chi connectivity index (χ3n) is 8.33. The number of allylic oxidation sites excluding steroid dienone is 5. The van der Waals surface area contributed by atoms with E-state index in [1.807, 2.05) is 0 Å². The Bertz CT molecular complexity index is 1090. The zero-order valence-corrected chi connectivity index (χ0v) is 26.3. The van der Waals surface area contributed by atoms with Gasteiger partial charge >= 0.3 is 0 Å². The van der Waals surface area contributed by atoms with Crippen LogP contribution in [0.2, 0.25) is 0 Å². The molecule has 3 unspecified atom stereocenters. The fraction of sp³-hybridized carbons (Fsp3) is 0.543. The summed E-state index contributed by atoms with van der Waals surface area (Å²) in [5, 5.41) is 9.47. The van der Waals surface area contributed by atoms with Gasteiger partial charge in [0.25, 0.3) is 0 Å². The van der Waals surface area contributed by atoms with Crippen molar-refractivity contribution >= 4 is 33.9 Å². The number of benzene rings is 1. The molecule has 0 bridgehead atoms. The topological polar surface area (TPSA) is 23.5 Å². The van der Waals surface area contributed by atoms with Crippen molar-refractivity contribution in [2.24, 2.45) is 5.92 Å². The maximum Gasteiger partial charge on any atom is 0.142 e. The molecule has 0 radical (unpaired) electrons. The largest absolute Gasteiger partial charge is 0.396 e. The number of rotatable bonds is 14. The second kappa shape index (κ2) is 16.4. The molecule has 3 atom stereocenters. The molecule has 2 nitrogen and oxygen atoms in total. The van der Waals surface area contributed by atoms with Gasteiger partial charge in [-0.25, -0.2) is 0 Å². The number of aliphatic hydroxyl groups is 1. The monoisotopic (exact) mass is 563 g/mol. The van der Waals surface area contributed by atoms with Gasteiger partial charge in [0, 0.05) is 12.6 Å². The van der Waals surface area contributed by atoms with Gasteiger partial charge < -0.3 is 10.0 Å². The van der Waals surface area contributed by atoms with Crippen LogP contribution in [0.15, 0.2) is 71.6 Å². The van der Waals surface area contributed by atoms with E-state index in [2.05, 4.69) is 87.4 Å². The molecule has 1 saturated carbocycles. The molecule has 1 aromatic rings. The first-order valence-corrected chi connectivity index (χ1v) is 16.4. The maximum absolute atomic E-state index is 9.30. The lowest BCUT2D eigenvalue weighted by Gasteiger charge is -2.30. The van der Waals surface area contributed by atoms with Crippen LogP contribution in [-0.2, 0) is 6.42 Å². The minimum atomic E-state index is 0.169. The summed E-state index contributed by atoms with van der Waals surface area (Å²) in [6.07, 6.45) is 19.3. The van der Waals surface area contributed by atoms with Crippen molar-refractivity contribution in [3.8, 4) is 0 Å². The molecular weight excluding hydrogens is 515 g/mol. The van der Waals surface area contributed by atoms with Crippen LogP contribution in [0.3, 0.4) is 0 Å². The number of hydrogen-bond donors (Lipinski definition) is 1. The van der Waals surface area contributed by atoms with E-state index in [1.165, 1.54) is 53.5 Å². The van der Waals surface area contributed by atoms with E-state index in [0.717, 1.165) is 55.0 Å². The third kappa shape index (κ3) is 8.57. The highest BCUT2D eigenvalue weighted by Gasteiger charge is 2.40. The van der Waals surface area contributed by atoms with Gasteiger partial charge in [-0.2, -0.15) is 0 Å². The van der Waals surface area contributed by atoms with Crippen molar-refractivity contribution < 1.29 is 5.11 Å². The number of thiocarbonyl (C=S) groups is 1. The summed E-state index contributed by atoms with van der Waals surface area (Å²) < 4.78 is 0.984. The minimum absolute atomic E-state index is 0.169. The first-order valence-electron chi connectivity index (χ1n) is 15.2. The Balaban J connectivity index is 1.92. The summed E-state index contributed by atoms with van der Waals surface area (Å²) in [5.74, 6) is 0.704. The van der Waals surface area contributed by atoms with Crippen LogP contribution in [0.4, 0.5) is 0 Å². The number of aliphatic hydroxyl groups excluding tert-OH is 1. The second-order valence-electron chi connectivity index (χ2n) is 11.0. The zero-order valence-electron chi connectivity index (χ0n) is 24.7. The van der Waals surface area contributed by atoms with Crippen LogP contribution in [0, 0.1) is 5.92 Å². The molecule has 1 N–H and O–H groups in total. The summed E-state index contributed by atoms with van der Waals surface area (Å²) in [6, 6.07) is 9.48. The quantitative estimate of drug-likeness (QED) is 0.105. The Kier molecular flexibility index (Phi) is 13.3. The van der Waals surface area contributed by atoms with E-state index in [1.54, 1.807) is 11.8 Å². The van der Waals surface area contributed by atoms with Gasteiger partial charge in [-0.3, -0.25) is 0 Å². The summed E-state index contributed by atoms with van der Waals surface area (Å²) in [6.45, 7) is 13.4. The first kappa shape index (κ1) is 31.7. The lowest BCUT2D eigenvalue weighted by atomic mass is 9.94. The summed E-state index contributed by atoms with van der Waals surface area (Å²) in [5.41, 5.74) is 11.2. The molecule has 1 heterocycles. The molecule has 1 aromatic carbocycles. The van der Waals surface area contributed by atoms with Crippen LogP contribution in [0.5, 0.6) is 0 Å². The summed E-state index contributed by atoms with van der Waals surface area (Å²) >= 11 is 7.70. The predicted molar refractivity (Wildman–Crippen MR) is 176 cm³/mol. The Morgan fingerprint density at radius 3 is 2.51 bits per heavy atom. The standard InChI is InChI=1S/C35H49NOS2/c1-6-14-30(22-23-34-32(9-4)36(35(38)39-34)33-17-13-16-28(33)8-3)31(15-11-10-12-24-37)25-26(5)29-20-18-27(7-2)19-21-29/h18-23,25,28,33-34,37H,4,6-8,10-17,24H2,1-3,5H3/b23-22?,26-25+,31-30+. The Labute approximate surface area is 248 Å². The summed E-state index contributed by atoms with van der Waals surface area (Å²) in [7, 11) is 0. The molecule has 212 valence electrons. The molecule has 1 aliphatic carbocycles. The lowest BCUT2D eigenvalue weighted by Crippen LogP contribution is -2.36. The fourth-order valence-corrected chi connectivity index (χ4v) is 7.60. The molecule has 0 spiro atoms. The number of thioether (sulfide) groups is 1. The molecule has 2 aliphatic rings. The van der Waals surface area contributed by atoms with Crippen LogP contribution in [0.25, 0.3) is 5.57 Å². The summed E-state index contributed by atoms with van der Waals surface area (Å²) in [4.78, 5) is 2.40. The third-order valence-corrected chi connectivity index (χ3v) is 9.84. The van der Waals surface area contributed by atoms with Gasteiger partial charge in [0.2, 0.25) is 0 Å². The van der Waals surface area contributed by atoms with Crippen molar-refractivity contribution in [2.45, 2.75) is 110 Å². The SMILES string of the molecule is C=C=C1C(C=C/C(CCC)=C(/C=C(\C)c2ccc(CC)cc2)CCCCCO)SC(=S)N1C1CCCC1CC. The Morgan fingerprint density at radius 1 is 1.10 bits per heavy atom. The van der Waals surface area contributed by atoms with Gasteiger partial charge in [0.15, 0.2) is 0 Å². The molecule has 2 fully saturated rings. The zero-order chi connectivity index (χ0) is 28.2. The number of unbranched alkanes of at least 4 members (excludes halogenated alkanes) is 2. The van der Waals surface area contributed by atoms with Gasteiger partial charge in [0.05, 0.1) is 10.9 Å². The lowest BCUT2D eigenvalue weighted by molar-refractivity contribution is 0.283. The van der Waals surface area contributed by atoms with Gasteiger partial charge in [-0.05, 0) is 85.6 Å². The van der Waals surface area contributed by atoms with Crippen LogP contribution < -0.4 is 0 Å². The van der Waals surface area contributed by atoms with E-state index < -0.39 is 0 Å². The smallest absolute Gasteiger partial charge is 0.142 e. The molecule has 1 saturated heterocycles. The molecule has 1 aliphatic heterocycles. The maximum atomic E-state index is 9.30. The highest BCUT2D eigenvalue weighted by Crippen LogP contribution is 2.43. The molecule has 39 heavy (non-hydrogen) atoms. The highest BCUT2D eigenvalue weighted by atomic mass is 32.2.